The molecule has 1 amide bonds. The van der Waals surface area contributed by atoms with Gasteiger partial charge in [0.05, 0.1) is 11.8 Å². The number of hydrogen-bond donors (Lipinski definition) is 2. The molecule has 3 N–H and O–H groups in total. The molecule has 1 fully saturated rings. The zero-order valence-electron chi connectivity index (χ0n) is 10.8. The van der Waals surface area contributed by atoms with E-state index in [9.17, 15) is 9.18 Å². The van der Waals surface area contributed by atoms with Gasteiger partial charge in [-0.05, 0) is 37.8 Å². The van der Waals surface area contributed by atoms with Gasteiger partial charge in [0.15, 0.2) is 0 Å². The van der Waals surface area contributed by atoms with Gasteiger partial charge in [-0.1, -0.05) is 12.1 Å². The fraction of sp³-hybridized carbons (Fsp3) is 0.500. The van der Waals surface area contributed by atoms with Crippen molar-refractivity contribution in [3.8, 4) is 0 Å². The van der Waals surface area contributed by atoms with Crippen LogP contribution in [0.3, 0.4) is 0 Å². The number of para-hydroxylation sites is 1. The second kappa shape index (κ2) is 6.63. The van der Waals surface area contributed by atoms with Crippen LogP contribution in [-0.4, -0.2) is 24.7 Å². The van der Waals surface area contributed by atoms with Crippen molar-refractivity contribution in [3.63, 3.8) is 0 Å². The summed E-state index contributed by atoms with van der Waals surface area (Å²) in [6.07, 6.45) is 3.80. The number of carbonyl (C=O) groups is 1. The van der Waals surface area contributed by atoms with Crippen molar-refractivity contribution in [1.82, 2.24) is 0 Å². The molecule has 1 aromatic carbocycles. The lowest BCUT2D eigenvalue weighted by Gasteiger charge is -2.26. The number of hydrogen-bond acceptors (Lipinski definition) is 3. The molecular formula is C14H19FN2O2. The molecule has 2 atom stereocenters. The van der Waals surface area contributed by atoms with Crippen LogP contribution in [0.25, 0.3) is 0 Å². The summed E-state index contributed by atoms with van der Waals surface area (Å²) in [6.45, 7) is -0.0638. The quantitative estimate of drug-likeness (QED) is 0.876. The van der Waals surface area contributed by atoms with Crippen molar-refractivity contribution < 1.29 is 13.9 Å². The summed E-state index contributed by atoms with van der Waals surface area (Å²) in [5.74, 6) is -0.792. The van der Waals surface area contributed by atoms with Gasteiger partial charge in [-0.25, -0.2) is 4.39 Å². The van der Waals surface area contributed by atoms with Crippen molar-refractivity contribution in [1.29, 1.82) is 0 Å². The van der Waals surface area contributed by atoms with Crippen LogP contribution in [0.5, 0.6) is 0 Å². The lowest BCUT2D eigenvalue weighted by molar-refractivity contribution is -0.123. The van der Waals surface area contributed by atoms with Crippen LogP contribution in [0.4, 0.5) is 10.1 Å². The van der Waals surface area contributed by atoms with E-state index in [0.29, 0.717) is 0 Å². The number of anilines is 1. The first-order valence-electron chi connectivity index (χ1n) is 6.56. The summed E-state index contributed by atoms with van der Waals surface area (Å²) in [7, 11) is 0. The van der Waals surface area contributed by atoms with Crippen LogP contribution in [0.15, 0.2) is 24.3 Å². The van der Waals surface area contributed by atoms with Crippen molar-refractivity contribution in [2.75, 3.05) is 11.9 Å². The van der Waals surface area contributed by atoms with Crippen LogP contribution >= 0.6 is 0 Å². The van der Waals surface area contributed by atoms with E-state index >= 15 is 0 Å². The summed E-state index contributed by atoms with van der Waals surface area (Å²) in [5, 5.41) is 2.49. The molecule has 0 saturated heterocycles. The van der Waals surface area contributed by atoms with Gasteiger partial charge >= 0.3 is 0 Å². The van der Waals surface area contributed by atoms with Crippen LogP contribution in [0.1, 0.15) is 25.7 Å². The van der Waals surface area contributed by atoms with Crippen molar-refractivity contribution in [2.45, 2.75) is 37.8 Å². The third kappa shape index (κ3) is 4.29. The average molecular weight is 266 g/mol. The maximum absolute atomic E-state index is 13.3. The molecular weight excluding hydrogens is 247 g/mol. The maximum atomic E-state index is 13.3. The fourth-order valence-corrected chi connectivity index (χ4v) is 2.27. The van der Waals surface area contributed by atoms with Crippen molar-refractivity contribution in [3.05, 3.63) is 30.1 Å². The normalized spacial score (nSPS) is 23.1. The SMILES string of the molecule is NC1CCCC(OCC(=O)Nc2ccccc2F)C1. The minimum Gasteiger partial charge on any atom is -0.368 e. The van der Waals surface area contributed by atoms with Gasteiger partial charge in [0.1, 0.15) is 12.4 Å². The number of ether oxygens (including phenoxy) is 1. The van der Waals surface area contributed by atoms with Crippen molar-refractivity contribution >= 4 is 11.6 Å². The van der Waals surface area contributed by atoms with Gasteiger partial charge in [0, 0.05) is 6.04 Å². The highest BCUT2D eigenvalue weighted by atomic mass is 19.1. The van der Waals surface area contributed by atoms with Crippen molar-refractivity contribution in [2.24, 2.45) is 5.73 Å². The minimum absolute atomic E-state index is 0.0371. The van der Waals surface area contributed by atoms with Gasteiger partial charge < -0.3 is 15.8 Å². The van der Waals surface area contributed by atoms with E-state index in [4.69, 9.17) is 10.5 Å². The van der Waals surface area contributed by atoms with E-state index in [0.717, 1.165) is 25.7 Å². The molecule has 1 aromatic rings. The Bertz CT molecular complexity index is 439. The van der Waals surface area contributed by atoms with Gasteiger partial charge in [0.2, 0.25) is 5.91 Å². The Balaban J connectivity index is 1.77. The van der Waals surface area contributed by atoms with E-state index < -0.39 is 5.82 Å². The summed E-state index contributed by atoms with van der Waals surface area (Å²) < 4.78 is 18.8. The molecule has 1 aliphatic rings. The Morgan fingerprint density at radius 3 is 2.95 bits per heavy atom. The summed E-state index contributed by atoms with van der Waals surface area (Å²) in [5.41, 5.74) is 6.02. The molecule has 5 heteroatoms. The Kier molecular flexibility index (Phi) is 4.87. The molecule has 2 rings (SSSR count). The largest absolute Gasteiger partial charge is 0.368 e. The number of carbonyl (C=O) groups excluding carboxylic acids is 1. The smallest absolute Gasteiger partial charge is 0.250 e. The number of nitrogens with one attached hydrogen (secondary N) is 1. The van der Waals surface area contributed by atoms with E-state index in [1.54, 1.807) is 12.1 Å². The molecule has 0 aliphatic heterocycles. The first-order chi connectivity index (χ1) is 9.15. The second-order valence-electron chi connectivity index (χ2n) is 4.89. The van der Waals surface area contributed by atoms with Gasteiger partial charge in [0.25, 0.3) is 0 Å². The first-order valence-corrected chi connectivity index (χ1v) is 6.56. The molecule has 0 radical (unpaired) electrons. The van der Waals surface area contributed by atoms with E-state index in [1.807, 2.05) is 0 Å². The Morgan fingerprint density at radius 1 is 1.42 bits per heavy atom. The minimum atomic E-state index is -0.449. The zero-order valence-corrected chi connectivity index (χ0v) is 10.8. The molecule has 0 spiro atoms. The third-order valence-corrected chi connectivity index (χ3v) is 3.26. The second-order valence-corrected chi connectivity index (χ2v) is 4.89. The Hall–Kier alpha value is -1.46. The summed E-state index contributed by atoms with van der Waals surface area (Å²) in [4.78, 5) is 11.7. The standard InChI is InChI=1S/C14H19FN2O2/c15-12-6-1-2-7-13(12)17-14(18)9-19-11-5-3-4-10(16)8-11/h1-2,6-7,10-11H,3-5,8-9,16H2,(H,17,18). The van der Waals surface area contributed by atoms with E-state index in [1.165, 1.54) is 12.1 Å². The fourth-order valence-electron chi connectivity index (χ4n) is 2.27. The topological polar surface area (TPSA) is 64.3 Å². The highest BCUT2D eigenvalue weighted by Gasteiger charge is 2.20. The third-order valence-electron chi connectivity index (χ3n) is 3.26. The number of rotatable bonds is 4. The van der Waals surface area contributed by atoms with Gasteiger partial charge in [-0.2, -0.15) is 0 Å². The monoisotopic (exact) mass is 266 g/mol. The predicted molar refractivity (Wildman–Crippen MR) is 71.2 cm³/mol. The molecule has 104 valence electrons. The molecule has 4 nitrogen and oxygen atoms in total. The number of benzene rings is 1. The van der Waals surface area contributed by atoms with Crippen LogP contribution in [-0.2, 0) is 9.53 Å². The van der Waals surface area contributed by atoms with E-state index in [2.05, 4.69) is 5.32 Å². The zero-order chi connectivity index (χ0) is 13.7. The molecule has 2 unspecified atom stereocenters. The molecule has 1 saturated carbocycles. The first kappa shape index (κ1) is 14.0. The molecule has 19 heavy (non-hydrogen) atoms. The molecule has 1 aliphatic carbocycles. The number of halogens is 1. The lowest BCUT2D eigenvalue weighted by Crippen LogP contribution is -2.34. The Labute approximate surface area is 112 Å². The van der Waals surface area contributed by atoms with Gasteiger partial charge in [-0.15, -0.1) is 0 Å². The predicted octanol–water partition coefficient (Wildman–Crippen LogP) is 2.05. The maximum Gasteiger partial charge on any atom is 0.250 e. The molecule has 0 aromatic heterocycles. The molecule has 0 bridgehead atoms. The van der Waals surface area contributed by atoms with Crippen LogP contribution < -0.4 is 11.1 Å². The summed E-state index contributed by atoms with van der Waals surface area (Å²) in [6, 6.07) is 6.22. The lowest BCUT2D eigenvalue weighted by atomic mass is 9.94. The average Bonchev–Trinajstić information content (AvgIpc) is 2.39. The summed E-state index contributed by atoms with van der Waals surface area (Å²) >= 11 is 0. The van der Waals surface area contributed by atoms with E-state index in [-0.39, 0.29) is 30.3 Å². The Morgan fingerprint density at radius 2 is 2.21 bits per heavy atom. The number of amides is 1. The van der Waals surface area contributed by atoms with Gasteiger partial charge in [-0.3, -0.25) is 4.79 Å². The van der Waals surface area contributed by atoms with Crippen LogP contribution in [0, 0.1) is 5.82 Å². The van der Waals surface area contributed by atoms with Crippen LogP contribution in [0.2, 0.25) is 0 Å². The highest BCUT2D eigenvalue weighted by Crippen LogP contribution is 2.19. The highest BCUT2D eigenvalue weighted by molar-refractivity contribution is 5.91. The number of nitrogens with two attached hydrogens (primary N) is 1. The molecule has 0 heterocycles.